The summed E-state index contributed by atoms with van der Waals surface area (Å²) in [4.78, 5) is 2.21. The standard InChI is InChI=1S/C17H17N/c1-3-18(4-2)17-11-7-10-15-14-9-6-5-8-13(14)12-16(15)17/h3,5-11H,1,4,12H2,2H3. The van der Waals surface area contributed by atoms with Crippen LogP contribution in [0.2, 0.25) is 0 Å². The minimum atomic E-state index is 0.955. The van der Waals surface area contributed by atoms with Gasteiger partial charge in [0.25, 0.3) is 0 Å². The van der Waals surface area contributed by atoms with E-state index in [-0.39, 0.29) is 0 Å². The lowest BCUT2D eigenvalue weighted by atomic mass is 10.0. The van der Waals surface area contributed by atoms with Crippen LogP contribution in [0.4, 0.5) is 5.69 Å². The summed E-state index contributed by atoms with van der Waals surface area (Å²) in [5, 5.41) is 0. The molecule has 18 heavy (non-hydrogen) atoms. The van der Waals surface area contributed by atoms with Gasteiger partial charge in [-0.1, -0.05) is 43.0 Å². The third kappa shape index (κ3) is 1.55. The van der Waals surface area contributed by atoms with Crippen LogP contribution in [0.5, 0.6) is 0 Å². The van der Waals surface area contributed by atoms with E-state index in [2.05, 4.69) is 60.9 Å². The van der Waals surface area contributed by atoms with Crippen molar-refractivity contribution in [2.45, 2.75) is 13.3 Å². The minimum Gasteiger partial charge on any atom is -0.349 e. The lowest BCUT2D eigenvalue weighted by Gasteiger charge is -2.21. The fraction of sp³-hybridized carbons (Fsp3) is 0.176. The highest BCUT2D eigenvalue weighted by molar-refractivity contribution is 5.82. The zero-order chi connectivity index (χ0) is 12.5. The molecule has 0 spiro atoms. The molecule has 1 nitrogen and oxygen atoms in total. The first-order valence-corrected chi connectivity index (χ1v) is 6.44. The fourth-order valence-electron chi connectivity index (χ4n) is 2.81. The maximum absolute atomic E-state index is 3.91. The molecular formula is C17H17N. The van der Waals surface area contributed by atoms with Crippen LogP contribution in [0, 0.1) is 0 Å². The van der Waals surface area contributed by atoms with Gasteiger partial charge in [-0.15, -0.1) is 0 Å². The molecule has 1 heteroatoms. The Kier molecular flexibility index (Phi) is 2.67. The molecule has 0 N–H and O–H groups in total. The van der Waals surface area contributed by atoms with E-state index in [1.54, 1.807) is 0 Å². The molecule has 0 amide bonds. The molecule has 0 heterocycles. The Bertz CT molecular complexity index is 598. The first-order chi connectivity index (χ1) is 8.85. The molecule has 1 aliphatic carbocycles. The largest absolute Gasteiger partial charge is 0.349 e. The van der Waals surface area contributed by atoms with E-state index in [4.69, 9.17) is 0 Å². The molecule has 90 valence electrons. The van der Waals surface area contributed by atoms with Crippen molar-refractivity contribution in [3.63, 3.8) is 0 Å². The van der Waals surface area contributed by atoms with E-state index in [1.807, 2.05) is 6.20 Å². The molecule has 0 radical (unpaired) electrons. The molecule has 0 saturated heterocycles. The summed E-state index contributed by atoms with van der Waals surface area (Å²) in [7, 11) is 0. The van der Waals surface area contributed by atoms with E-state index in [0.29, 0.717) is 0 Å². The SMILES string of the molecule is C=CN(CC)c1cccc2c1Cc1ccccc1-2. The van der Waals surface area contributed by atoms with Crippen LogP contribution in [0.15, 0.2) is 55.2 Å². The average molecular weight is 235 g/mol. The number of fused-ring (bicyclic) bond motifs is 3. The smallest absolute Gasteiger partial charge is 0.0448 e. The van der Waals surface area contributed by atoms with E-state index in [1.165, 1.54) is 27.9 Å². The lowest BCUT2D eigenvalue weighted by molar-refractivity contribution is 1.01. The summed E-state index contributed by atoms with van der Waals surface area (Å²) >= 11 is 0. The average Bonchev–Trinajstić information content (AvgIpc) is 2.80. The van der Waals surface area contributed by atoms with Crippen molar-refractivity contribution in [1.82, 2.24) is 0 Å². The summed E-state index contributed by atoms with van der Waals surface area (Å²) in [6.07, 6.45) is 2.95. The van der Waals surface area contributed by atoms with Crippen LogP contribution >= 0.6 is 0 Å². The second-order valence-electron chi connectivity index (χ2n) is 4.61. The summed E-state index contributed by atoms with van der Waals surface area (Å²) in [6.45, 7) is 7.02. The predicted octanol–water partition coefficient (Wildman–Crippen LogP) is 4.23. The Labute approximate surface area is 108 Å². The van der Waals surface area contributed by atoms with Crippen LogP contribution in [0.1, 0.15) is 18.1 Å². The van der Waals surface area contributed by atoms with Gasteiger partial charge in [0.1, 0.15) is 0 Å². The Morgan fingerprint density at radius 2 is 1.89 bits per heavy atom. The number of benzene rings is 2. The van der Waals surface area contributed by atoms with Crippen molar-refractivity contribution in [3.05, 3.63) is 66.4 Å². The van der Waals surface area contributed by atoms with Crippen LogP contribution in [0.3, 0.4) is 0 Å². The van der Waals surface area contributed by atoms with Crippen molar-refractivity contribution in [3.8, 4) is 11.1 Å². The van der Waals surface area contributed by atoms with Gasteiger partial charge in [0.05, 0.1) is 0 Å². The number of rotatable bonds is 3. The van der Waals surface area contributed by atoms with E-state index < -0.39 is 0 Å². The van der Waals surface area contributed by atoms with Crippen LogP contribution in [-0.2, 0) is 6.42 Å². The molecule has 0 bridgehead atoms. The number of nitrogens with zero attached hydrogens (tertiary/aromatic N) is 1. The van der Waals surface area contributed by atoms with Crippen molar-refractivity contribution in [1.29, 1.82) is 0 Å². The Hall–Kier alpha value is -2.02. The molecule has 0 saturated carbocycles. The van der Waals surface area contributed by atoms with Gasteiger partial charge >= 0.3 is 0 Å². The molecule has 0 aromatic heterocycles. The third-order valence-corrected chi connectivity index (χ3v) is 3.70. The van der Waals surface area contributed by atoms with E-state index in [9.17, 15) is 0 Å². The number of hydrogen-bond donors (Lipinski definition) is 0. The Morgan fingerprint density at radius 3 is 2.67 bits per heavy atom. The van der Waals surface area contributed by atoms with E-state index >= 15 is 0 Å². The monoisotopic (exact) mass is 235 g/mol. The number of hydrogen-bond acceptors (Lipinski definition) is 1. The Morgan fingerprint density at radius 1 is 1.11 bits per heavy atom. The predicted molar refractivity (Wildman–Crippen MR) is 77.9 cm³/mol. The summed E-state index contributed by atoms with van der Waals surface area (Å²) < 4.78 is 0. The van der Waals surface area contributed by atoms with Gasteiger partial charge in [-0.25, -0.2) is 0 Å². The van der Waals surface area contributed by atoms with Gasteiger partial charge < -0.3 is 4.90 Å². The van der Waals surface area contributed by atoms with Crippen molar-refractivity contribution < 1.29 is 0 Å². The van der Waals surface area contributed by atoms with Gasteiger partial charge in [0.15, 0.2) is 0 Å². The summed E-state index contributed by atoms with van der Waals surface area (Å²) in [6, 6.07) is 15.2. The normalized spacial score (nSPS) is 11.8. The topological polar surface area (TPSA) is 3.24 Å². The highest BCUT2D eigenvalue weighted by Gasteiger charge is 2.21. The maximum Gasteiger partial charge on any atom is 0.0448 e. The molecule has 3 rings (SSSR count). The van der Waals surface area contributed by atoms with Gasteiger partial charge in [-0.05, 0) is 41.4 Å². The molecule has 0 fully saturated rings. The Balaban J connectivity index is 2.16. The first kappa shape index (κ1) is 11.1. The zero-order valence-corrected chi connectivity index (χ0v) is 10.7. The van der Waals surface area contributed by atoms with Gasteiger partial charge in [-0.2, -0.15) is 0 Å². The highest BCUT2D eigenvalue weighted by atomic mass is 15.1. The molecule has 0 atom stereocenters. The lowest BCUT2D eigenvalue weighted by Crippen LogP contribution is -2.15. The fourth-order valence-corrected chi connectivity index (χ4v) is 2.81. The number of anilines is 1. The van der Waals surface area contributed by atoms with Gasteiger partial charge in [-0.3, -0.25) is 0 Å². The molecule has 0 unspecified atom stereocenters. The van der Waals surface area contributed by atoms with Crippen LogP contribution in [0.25, 0.3) is 11.1 Å². The quantitative estimate of drug-likeness (QED) is 0.656. The van der Waals surface area contributed by atoms with Crippen molar-refractivity contribution in [2.75, 3.05) is 11.4 Å². The molecule has 2 aromatic carbocycles. The van der Waals surface area contributed by atoms with Crippen LogP contribution < -0.4 is 4.90 Å². The van der Waals surface area contributed by atoms with Gasteiger partial charge in [0, 0.05) is 18.7 Å². The second kappa shape index (κ2) is 4.34. The van der Waals surface area contributed by atoms with E-state index in [0.717, 1.165) is 13.0 Å². The minimum absolute atomic E-state index is 0.955. The van der Waals surface area contributed by atoms with Gasteiger partial charge in [0.2, 0.25) is 0 Å². The molecular weight excluding hydrogens is 218 g/mol. The molecule has 0 aliphatic heterocycles. The first-order valence-electron chi connectivity index (χ1n) is 6.44. The third-order valence-electron chi connectivity index (χ3n) is 3.70. The molecule has 2 aromatic rings. The van der Waals surface area contributed by atoms with Crippen molar-refractivity contribution in [2.24, 2.45) is 0 Å². The second-order valence-corrected chi connectivity index (χ2v) is 4.61. The van der Waals surface area contributed by atoms with Crippen LogP contribution in [-0.4, -0.2) is 6.54 Å². The molecule has 1 aliphatic rings. The highest BCUT2D eigenvalue weighted by Crippen LogP contribution is 2.41. The maximum atomic E-state index is 3.91. The summed E-state index contributed by atoms with van der Waals surface area (Å²) in [5.74, 6) is 0. The summed E-state index contributed by atoms with van der Waals surface area (Å²) in [5.41, 5.74) is 6.92. The van der Waals surface area contributed by atoms with Crippen molar-refractivity contribution >= 4 is 5.69 Å². The zero-order valence-electron chi connectivity index (χ0n) is 10.7.